The van der Waals surface area contributed by atoms with Crippen LogP contribution in [0.25, 0.3) is 0 Å². The standard InChI is InChI=1S/C29H41FN2O6/c1-4-37-27(28(33)34)19-23-9-13-26(14-10-23)38-18-16-32(29(35)31-20-22(2)3)15-5-6-17-36-21-24-7-11-25(30)12-8-24/h7-14,22,27H,4-6,15-21H2,1-3H3,(H,31,35)(H,33,34). The van der Waals surface area contributed by atoms with Crippen LogP contribution in [0, 0.1) is 11.7 Å². The van der Waals surface area contributed by atoms with Gasteiger partial charge < -0.3 is 29.5 Å². The molecule has 0 radical (unpaired) electrons. The van der Waals surface area contributed by atoms with Gasteiger partial charge in [0.05, 0.1) is 13.2 Å². The average molecular weight is 533 g/mol. The summed E-state index contributed by atoms with van der Waals surface area (Å²) < 4.78 is 29.8. The molecule has 0 saturated heterocycles. The maximum Gasteiger partial charge on any atom is 0.333 e. The Labute approximate surface area is 225 Å². The van der Waals surface area contributed by atoms with Crippen molar-refractivity contribution in [1.82, 2.24) is 10.2 Å². The quantitative estimate of drug-likeness (QED) is 0.265. The monoisotopic (exact) mass is 532 g/mol. The van der Waals surface area contributed by atoms with E-state index in [1.165, 1.54) is 12.1 Å². The van der Waals surface area contributed by atoms with Crippen molar-refractivity contribution in [2.75, 3.05) is 39.5 Å². The Morgan fingerprint density at radius 2 is 1.66 bits per heavy atom. The number of benzene rings is 2. The van der Waals surface area contributed by atoms with Gasteiger partial charge in [0.15, 0.2) is 6.10 Å². The van der Waals surface area contributed by atoms with Gasteiger partial charge in [-0.3, -0.25) is 0 Å². The summed E-state index contributed by atoms with van der Waals surface area (Å²) >= 11 is 0. The van der Waals surface area contributed by atoms with Crippen LogP contribution in [0.15, 0.2) is 48.5 Å². The van der Waals surface area contributed by atoms with Crippen LogP contribution in [-0.2, 0) is 27.3 Å². The van der Waals surface area contributed by atoms with Crippen LogP contribution >= 0.6 is 0 Å². The maximum atomic E-state index is 13.0. The van der Waals surface area contributed by atoms with Crippen molar-refractivity contribution >= 4 is 12.0 Å². The predicted molar refractivity (Wildman–Crippen MR) is 144 cm³/mol. The minimum atomic E-state index is -0.984. The molecule has 0 aliphatic rings. The molecule has 0 fully saturated rings. The van der Waals surface area contributed by atoms with E-state index in [0.29, 0.717) is 57.7 Å². The van der Waals surface area contributed by atoms with Crippen molar-refractivity contribution in [3.63, 3.8) is 0 Å². The summed E-state index contributed by atoms with van der Waals surface area (Å²) in [6.45, 7) is 9.08. The number of aliphatic carboxylic acids is 1. The summed E-state index contributed by atoms with van der Waals surface area (Å²) in [6.07, 6.45) is 0.966. The summed E-state index contributed by atoms with van der Waals surface area (Å²) in [6, 6.07) is 13.4. The number of rotatable bonds is 18. The van der Waals surface area contributed by atoms with Crippen molar-refractivity contribution in [2.45, 2.75) is 52.7 Å². The molecule has 0 heterocycles. The molecule has 1 atom stereocenters. The molecule has 2 aromatic carbocycles. The number of nitrogens with zero attached hydrogens (tertiary/aromatic N) is 1. The predicted octanol–water partition coefficient (Wildman–Crippen LogP) is 4.90. The Bertz CT molecular complexity index is 953. The molecule has 210 valence electrons. The van der Waals surface area contributed by atoms with E-state index >= 15 is 0 Å². The highest BCUT2D eigenvalue weighted by molar-refractivity contribution is 5.74. The second kappa shape index (κ2) is 17.4. The maximum absolute atomic E-state index is 13.0. The molecule has 2 amide bonds. The fourth-order valence-corrected chi connectivity index (χ4v) is 3.62. The molecule has 1 unspecified atom stereocenters. The molecule has 0 spiro atoms. The first-order valence-electron chi connectivity index (χ1n) is 13.2. The zero-order valence-corrected chi connectivity index (χ0v) is 22.7. The van der Waals surface area contributed by atoms with E-state index in [2.05, 4.69) is 5.32 Å². The molecule has 38 heavy (non-hydrogen) atoms. The van der Waals surface area contributed by atoms with Gasteiger partial charge in [-0.05, 0) is 61.1 Å². The Morgan fingerprint density at radius 3 is 2.29 bits per heavy atom. The normalized spacial score (nSPS) is 11.8. The Hall–Kier alpha value is -3.17. The van der Waals surface area contributed by atoms with Crippen LogP contribution in [0.2, 0.25) is 0 Å². The summed E-state index contributed by atoms with van der Waals surface area (Å²) in [4.78, 5) is 25.8. The van der Waals surface area contributed by atoms with Crippen molar-refractivity contribution in [1.29, 1.82) is 0 Å². The van der Waals surface area contributed by atoms with Crippen molar-refractivity contribution < 1.29 is 33.3 Å². The van der Waals surface area contributed by atoms with Crippen molar-refractivity contribution in [2.24, 2.45) is 5.92 Å². The lowest BCUT2D eigenvalue weighted by Crippen LogP contribution is -2.43. The largest absolute Gasteiger partial charge is 0.492 e. The number of halogens is 1. The SMILES string of the molecule is CCOC(Cc1ccc(OCCN(CCCCOCc2ccc(F)cc2)C(=O)NCC(C)C)cc1)C(=O)O. The Kier molecular flexibility index (Phi) is 14.2. The zero-order chi connectivity index (χ0) is 27.8. The van der Waals surface area contributed by atoms with Gasteiger partial charge in [0.2, 0.25) is 0 Å². The highest BCUT2D eigenvalue weighted by Crippen LogP contribution is 2.15. The summed E-state index contributed by atoms with van der Waals surface area (Å²) in [5.74, 6) is -0.257. The van der Waals surface area contributed by atoms with Crippen LogP contribution in [0.3, 0.4) is 0 Å². The van der Waals surface area contributed by atoms with E-state index in [9.17, 15) is 19.1 Å². The number of urea groups is 1. The molecular formula is C29H41FN2O6. The first kappa shape index (κ1) is 31.1. The Morgan fingerprint density at radius 1 is 0.974 bits per heavy atom. The van der Waals surface area contributed by atoms with E-state index in [0.717, 1.165) is 24.0 Å². The second-order valence-corrected chi connectivity index (χ2v) is 9.43. The molecular weight excluding hydrogens is 491 g/mol. The number of ether oxygens (including phenoxy) is 3. The van der Waals surface area contributed by atoms with Crippen LogP contribution in [0.1, 0.15) is 44.7 Å². The highest BCUT2D eigenvalue weighted by Gasteiger charge is 2.18. The van der Waals surface area contributed by atoms with Gasteiger partial charge in [0.25, 0.3) is 0 Å². The molecule has 0 saturated carbocycles. The zero-order valence-electron chi connectivity index (χ0n) is 22.7. The first-order valence-corrected chi connectivity index (χ1v) is 13.2. The average Bonchev–Trinajstić information content (AvgIpc) is 2.89. The van der Waals surface area contributed by atoms with Crippen LogP contribution in [0.5, 0.6) is 5.75 Å². The van der Waals surface area contributed by atoms with Crippen LogP contribution in [-0.4, -0.2) is 67.6 Å². The third-order valence-electron chi connectivity index (χ3n) is 5.72. The molecule has 2 rings (SSSR count). The number of carbonyl (C=O) groups is 2. The third-order valence-corrected chi connectivity index (χ3v) is 5.72. The topological polar surface area (TPSA) is 97.3 Å². The summed E-state index contributed by atoms with van der Waals surface area (Å²) in [5.41, 5.74) is 1.76. The van der Waals surface area contributed by atoms with E-state index in [1.807, 2.05) is 26.0 Å². The molecule has 9 heteroatoms. The third kappa shape index (κ3) is 12.4. The highest BCUT2D eigenvalue weighted by atomic mass is 19.1. The second-order valence-electron chi connectivity index (χ2n) is 9.43. The first-order chi connectivity index (χ1) is 18.3. The fraction of sp³-hybridized carbons (Fsp3) is 0.517. The van der Waals surface area contributed by atoms with Gasteiger partial charge in [-0.1, -0.05) is 38.1 Å². The van der Waals surface area contributed by atoms with Gasteiger partial charge >= 0.3 is 12.0 Å². The Balaban J connectivity index is 1.78. The fourth-order valence-electron chi connectivity index (χ4n) is 3.62. The molecule has 0 aliphatic carbocycles. The van der Waals surface area contributed by atoms with Gasteiger partial charge in [0, 0.05) is 32.7 Å². The van der Waals surface area contributed by atoms with Crippen molar-refractivity contribution in [3.05, 3.63) is 65.5 Å². The molecule has 2 aromatic rings. The number of amides is 2. The number of carboxylic acid groups (broad SMARTS) is 1. The molecule has 0 aliphatic heterocycles. The minimum Gasteiger partial charge on any atom is -0.492 e. The number of carbonyl (C=O) groups excluding carboxylic acids is 1. The van der Waals surface area contributed by atoms with Crippen LogP contribution < -0.4 is 10.1 Å². The van der Waals surface area contributed by atoms with Gasteiger partial charge in [-0.2, -0.15) is 0 Å². The lowest BCUT2D eigenvalue weighted by Gasteiger charge is -2.24. The smallest absolute Gasteiger partial charge is 0.333 e. The molecule has 2 N–H and O–H groups in total. The number of nitrogens with one attached hydrogen (secondary N) is 1. The number of hydrogen-bond acceptors (Lipinski definition) is 5. The van der Waals surface area contributed by atoms with Gasteiger partial charge in [0.1, 0.15) is 18.2 Å². The summed E-state index contributed by atoms with van der Waals surface area (Å²) in [5, 5.41) is 12.2. The molecule has 8 nitrogen and oxygen atoms in total. The van der Waals surface area contributed by atoms with E-state index in [-0.39, 0.29) is 18.3 Å². The van der Waals surface area contributed by atoms with Gasteiger partial charge in [-0.25, -0.2) is 14.0 Å². The number of hydrogen-bond donors (Lipinski definition) is 2. The van der Waals surface area contributed by atoms with Gasteiger partial charge in [-0.15, -0.1) is 0 Å². The molecule has 0 aromatic heterocycles. The van der Waals surface area contributed by atoms with E-state index in [4.69, 9.17) is 14.2 Å². The van der Waals surface area contributed by atoms with Crippen molar-refractivity contribution in [3.8, 4) is 5.75 Å². The molecule has 0 bridgehead atoms. The van der Waals surface area contributed by atoms with E-state index < -0.39 is 12.1 Å². The summed E-state index contributed by atoms with van der Waals surface area (Å²) in [7, 11) is 0. The van der Waals surface area contributed by atoms with Crippen LogP contribution in [0.4, 0.5) is 9.18 Å². The lowest BCUT2D eigenvalue weighted by atomic mass is 10.1. The minimum absolute atomic E-state index is 0.125. The number of carboxylic acids is 1. The number of unbranched alkanes of at least 4 members (excludes halogenated alkanes) is 1. The van der Waals surface area contributed by atoms with E-state index in [1.54, 1.807) is 36.1 Å². The lowest BCUT2D eigenvalue weighted by molar-refractivity contribution is -0.149.